The van der Waals surface area contributed by atoms with Crippen molar-refractivity contribution in [1.82, 2.24) is 0 Å². The van der Waals surface area contributed by atoms with E-state index in [4.69, 9.17) is 4.74 Å². The fourth-order valence-corrected chi connectivity index (χ4v) is 2.67. The van der Waals surface area contributed by atoms with Crippen LogP contribution in [-0.2, 0) is 14.3 Å². The maximum absolute atomic E-state index is 11.8. The van der Waals surface area contributed by atoms with Crippen molar-refractivity contribution in [2.45, 2.75) is 71.8 Å². The Labute approximate surface area is 116 Å². The van der Waals surface area contributed by atoms with E-state index in [1.807, 2.05) is 13.0 Å². The molecule has 0 N–H and O–H groups in total. The summed E-state index contributed by atoms with van der Waals surface area (Å²) in [5, 5.41) is 0. The Balaban J connectivity index is 2.72. The van der Waals surface area contributed by atoms with Crippen LogP contribution in [0.25, 0.3) is 0 Å². The highest BCUT2D eigenvalue weighted by atomic mass is 16.6. The van der Waals surface area contributed by atoms with Gasteiger partial charge >= 0.3 is 5.97 Å². The van der Waals surface area contributed by atoms with Crippen LogP contribution >= 0.6 is 0 Å². The fourth-order valence-electron chi connectivity index (χ4n) is 2.67. The molecular formula is C16H26O3. The van der Waals surface area contributed by atoms with Crippen LogP contribution in [0, 0.1) is 5.92 Å². The number of esters is 1. The molecule has 0 saturated heterocycles. The summed E-state index contributed by atoms with van der Waals surface area (Å²) in [7, 11) is 0. The predicted molar refractivity (Wildman–Crippen MR) is 75.8 cm³/mol. The van der Waals surface area contributed by atoms with Gasteiger partial charge in [0.2, 0.25) is 0 Å². The summed E-state index contributed by atoms with van der Waals surface area (Å²) >= 11 is 0. The summed E-state index contributed by atoms with van der Waals surface area (Å²) < 4.78 is 5.62. The second-order valence-corrected chi connectivity index (χ2v) is 5.55. The lowest BCUT2D eigenvalue weighted by Crippen LogP contribution is -2.30. The van der Waals surface area contributed by atoms with Crippen molar-refractivity contribution in [3.8, 4) is 0 Å². The molecule has 19 heavy (non-hydrogen) atoms. The van der Waals surface area contributed by atoms with Gasteiger partial charge in [-0.25, -0.2) is 4.79 Å². The molecule has 1 aliphatic heterocycles. The Hall–Kier alpha value is -1.12. The molecule has 0 aromatic carbocycles. The first-order valence-electron chi connectivity index (χ1n) is 7.40. The molecule has 3 heteroatoms. The maximum atomic E-state index is 11.8. The summed E-state index contributed by atoms with van der Waals surface area (Å²) in [4.78, 5) is 22.9. The van der Waals surface area contributed by atoms with Gasteiger partial charge in [-0.1, -0.05) is 27.2 Å². The largest absolute Gasteiger partial charge is 0.451 e. The van der Waals surface area contributed by atoms with Crippen molar-refractivity contribution in [3.63, 3.8) is 0 Å². The number of hydrogen-bond acceptors (Lipinski definition) is 3. The first-order chi connectivity index (χ1) is 8.96. The van der Waals surface area contributed by atoms with E-state index in [2.05, 4.69) is 13.8 Å². The van der Waals surface area contributed by atoms with E-state index >= 15 is 0 Å². The van der Waals surface area contributed by atoms with Gasteiger partial charge in [0.15, 0.2) is 0 Å². The minimum absolute atomic E-state index is 0.161. The van der Waals surface area contributed by atoms with Gasteiger partial charge in [-0.15, -0.1) is 0 Å². The molecule has 0 unspecified atom stereocenters. The zero-order valence-corrected chi connectivity index (χ0v) is 12.6. The topological polar surface area (TPSA) is 43.4 Å². The number of ether oxygens (including phenoxy) is 1. The SMILES string of the molecule is CCC1=C[C@@](CC)(C[C@@H](CC)CCC(C)=O)OC1=O. The summed E-state index contributed by atoms with van der Waals surface area (Å²) in [5.41, 5.74) is 0.364. The van der Waals surface area contributed by atoms with E-state index in [-0.39, 0.29) is 11.8 Å². The number of rotatable bonds is 8. The van der Waals surface area contributed by atoms with Gasteiger partial charge in [0.05, 0.1) is 0 Å². The van der Waals surface area contributed by atoms with Crippen LogP contribution in [0.15, 0.2) is 11.6 Å². The number of cyclic esters (lactones) is 1. The van der Waals surface area contributed by atoms with Crippen molar-refractivity contribution >= 4 is 11.8 Å². The third kappa shape index (κ3) is 4.19. The quantitative estimate of drug-likeness (QED) is 0.627. The lowest BCUT2D eigenvalue weighted by atomic mass is 9.83. The van der Waals surface area contributed by atoms with Crippen LogP contribution in [0.2, 0.25) is 0 Å². The zero-order valence-electron chi connectivity index (χ0n) is 12.6. The van der Waals surface area contributed by atoms with E-state index in [1.165, 1.54) is 0 Å². The zero-order chi connectivity index (χ0) is 14.5. The van der Waals surface area contributed by atoms with Crippen LogP contribution in [0.3, 0.4) is 0 Å². The van der Waals surface area contributed by atoms with Crippen LogP contribution in [-0.4, -0.2) is 17.4 Å². The minimum atomic E-state index is -0.431. The van der Waals surface area contributed by atoms with Gasteiger partial charge in [0.25, 0.3) is 0 Å². The molecule has 3 nitrogen and oxygen atoms in total. The fraction of sp³-hybridized carbons (Fsp3) is 0.750. The average Bonchev–Trinajstić information content (AvgIpc) is 2.71. The number of ketones is 1. The van der Waals surface area contributed by atoms with E-state index in [0.29, 0.717) is 12.3 Å². The third-order valence-electron chi connectivity index (χ3n) is 4.09. The third-order valence-corrected chi connectivity index (χ3v) is 4.09. The van der Waals surface area contributed by atoms with Crippen molar-refractivity contribution < 1.29 is 14.3 Å². The number of Topliss-reactive ketones (excluding diaryl/α,β-unsaturated/α-hetero) is 1. The molecule has 1 rings (SSSR count). The Morgan fingerprint density at radius 3 is 2.47 bits per heavy atom. The average molecular weight is 266 g/mol. The molecule has 0 aliphatic carbocycles. The van der Waals surface area contributed by atoms with E-state index in [1.54, 1.807) is 6.92 Å². The monoisotopic (exact) mass is 266 g/mol. The molecule has 0 bridgehead atoms. The second-order valence-electron chi connectivity index (χ2n) is 5.55. The highest BCUT2D eigenvalue weighted by molar-refractivity contribution is 5.91. The molecule has 0 spiro atoms. The summed E-state index contributed by atoms with van der Waals surface area (Å²) in [5.74, 6) is 0.507. The standard InChI is InChI=1S/C16H26O3/c1-5-13(9-8-12(4)17)10-16(7-3)11-14(6-2)15(18)19-16/h11,13H,5-10H2,1-4H3/t13-,16+/m0/s1. The molecule has 0 amide bonds. The molecular weight excluding hydrogens is 240 g/mol. The molecule has 2 atom stereocenters. The van der Waals surface area contributed by atoms with Gasteiger partial charge in [0, 0.05) is 12.0 Å². The van der Waals surface area contributed by atoms with E-state index < -0.39 is 5.60 Å². The smallest absolute Gasteiger partial charge is 0.334 e. The summed E-state index contributed by atoms with van der Waals surface area (Å²) in [6.45, 7) is 7.80. The van der Waals surface area contributed by atoms with Crippen LogP contribution in [0.1, 0.15) is 66.2 Å². The normalized spacial score (nSPS) is 24.0. The van der Waals surface area contributed by atoms with Crippen LogP contribution in [0.5, 0.6) is 0 Å². The lowest BCUT2D eigenvalue weighted by Gasteiger charge is -2.29. The molecule has 1 heterocycles. The Bertz CT molecular complexity index is 370. The lowest BCUT2D eigenvalue weighted by molar-refractivity contribution is -0.148. The highest BCUT2D eigenvalue weighted by Gasteiger charge is 2.39. The Morgan fingerprint density at radius 1 is 1.37 bits per heavy atom. The number of carbonyl (C=O) groups excluding carboxylic acids is 2. The molecule has 108 valence electrons. The minimum Gasteiger partial charge on any atom is -0.451 e. The van der Waals surface area contributed by atoms with Gasteiger partial charge in [-0.05, 0) is 44.6 Å². The first-order valence-corrected chi connectivity index (χ1v) is 7.40. The second kappa shape index (κ2) is 6.88. The number of hydrogen-bond donors (Lipinski definition) is 0. The van der Waals surface area contributed by atoms with Crippen LogP contribution < -0.4 is 0 Å². The van der Waals surface area contributed by atoms with Crippen molar-refractivity contribution in [2.24, 2.45) is 5.92 Å². The predicted octanol–water partition coefficient (Wildman–Crippen LogP) is 3.81. The van der Waals surface area contributed by atoms with E-state index in [0.717, 1.165) is 37.7 Å². The van der Waals surface area contributed by atoms with Gasteiger partial charge in [-0.3, -0.25) is 0 Å². The number of carbonyl (C=O) groups is 2. The Kier molecular flexibility index (Phi) is 5.77. The van der Waals surface area contributed by atoms with Gasteiger partial charge in [0.1, 0.15) is 11.4 Å². The molecule has 0 aromatic heterocycles. The van der Waals surface area contributed by atoms with Gasteiger partial charge in [-0.2, -0.15) is 0 Å². The maximum Gasteiger partial charge on any atom is 0.334 e. The molecule has 0 aromatic rings. The summed E-state index contributed by atoms with van der Waals surface area (Å²) in [6.07, 6.45) is 6.91. The Morgan fingerprint density at radius 2 is 2.05 bits per heavy atom. The van der Waals surface area contributed by atoms with Crippen LogP contribution in [0.4, 0.5) is 0 Å². The first kappa shape index (κ1) is 15.9. The highest BCUT2D eigenvalue weighted by Crippen LogP contribution is 2.37. The van der Waals surface area contributed by atoms with Crippen molar-refractivity contribution in [3.05, 3.63) is 11.6 Å². The van der Waals surface area contributed by atoms with Gasteiger partial charge < -0.3 is 9.53 Å². The van der Waals surface area contributed by atoms with Crippen molar-refractivity contribution in [1.29, 1.82) is 0 Å². The van der Waals surface area contributed by atoms with Crippen molar-refractivity contribution in [2.75, 3.05) is 0 Å². The molecule has 1 aliphatic rings. The molecule has 0 radical (unpaired) electrons. The molecule has 0 fully saturated rings. The van der Waals surface area contributed by atoms with E-state index in [9.17, 15) is 9.59 Å². The summed E-state index contributed by atoms with van der Waals surface area (Å²) in [6, 6.07) is 0. The molecule has 0 saturated carbocycles.